The van der Waals surface area contributed by atoms with E-state index in [0.717, 1.165) is 42.6 Å². The van der Waals surface area contributed by atoms with E-state index in [0.29, 0.717) is 24.2 Å². The highest BCUT2D eigenvalue weighted by atomic mass is 16.5. The van der Waals surface area contributed by atoms with Gasteiger partial charge in [-0.1, -0.05) is 48.5 Å². The van der Waals surface area contributed by atoms with Gasteiger partial charge in [-0.05, 0) is 61.1 Å². The molecule has 0 aliphatic heterocycles. The molecule has 1 unspecified atom stereocenters. The number of carboxylic acids is 1. The lowest BCUT2D eigenvalue weighted by Crippen LogP contribution is -2.42. The van der Waals surface area contributed by atoms with E-state index in [1.807, 2.05) is 60.5 Å². The van der Waals surface area contributed by atoms with Crippen molar-refractivity contribution < 1.29 is 14.6 Å². The van der Waals surface area contributed by atoms with Gasteiger partial charge in [-0.15, -0.1) is 0 Å². The minimum Gasteiger partial charge on any atom is -0.496 e. The molecule has 5 heteroatoms. The highest BCUT2D eigenvalue weighted by Gasteiger charge is 2.50. The fourth-order valence-electron chi connectivity index (χ4n) is 4.69. The van der Waals surface area contributed by atoms with Crippen LogP contribution in [-0.2, 0) is 11.3 Å². The summed E-state index contributed by atoms with van der Waals surface area (Å²) in [5.74, 6) is 1.24. The zero-order valence-corrected chi connectivity index (χ0v) is 18.9. The van der Waals surface area contributed by atoms with E-state index in [1.54, 1.807) is 13.3 Å². The van der Waals surface area contributed by atoms with Crippen LogP contribution in [0.15, 0.2) is 65.8 Å². The molecule has 2 saturated carbocycles. The molecule has 1 atom stereocenters. The Labute approximate surface area is 190 Å². The summed E-state index contributed by atoms with van der Waals surface area (Å²) in [6.45, 7) is 0.619. The van der Waals surface area contributed by atoms with Crippen LogP contribution >= 0.6 is 0 Å². The molecule has 4 rings (SSSR count). The average Bonchev–Trinajstić information content (AvgIpc) is 3.71. The molecule has 0 spiro atoms. The van der Waals surface area contributed by atoms with Crippen molar-refractivity contribution in [2.75, 3.05) is 14.2 Å². The SMILES string of the molecule is COc1ccccc1/C=C/N=C(C(C(=O)O)C(C1CC1)C1CC1)N(C)Cc1ccccc1. The number of para-hydroxylation sites is 1. The van der Waals surface area contributed by atoms with Gasteiger partial charge in [0.25, 0.3) is 0 Å². The summed E-state index contributed by atoms with van der Waals surface area (Å²) in [6, 6.07) is 17.9. The zero-order valence-electron chi connectivity index (χ0n) is 18.9. The Morgan fingerprint density at radius 2 is 1.72 bits per heavy atom. The van der Waals surface area contributed by atoms with Gasteiger partial charge in [0.1, 0.15) is 17.5 Å². The minimum absolute atomic E-state index is 0.170. The van der Waals surface area contributed by atoms with E-state index in [9.17, 15) is 9.90 Å². The molecule has 0 heterocycles. The lowest BCUT2D eigenvalue weighted by atomic mass is 9.82. The standard InChI is InChI=1S/C27H32N2O3/c1-29(18-19-8-4-3-5-9-19)26(28-17-16-20-10-6-7-11-23(20)32-2)25(27(30)31)24(21-12-13-21)22-14-15-22/h3-11,16-17,21-22,24-25H,12-15,18H2,1-2H3,(H,30,31)/b17-16+,28-26?. The summed E-state index contributed by atoms with van der Waals surface area (Å²) in [5.41, 5.74) is 2.05. The molecular formula is C27H32N2O3. The van der Waals surface area contributed by atoms with Crippen molar-refractivity contribution in [1.29, 1.82) is 0 Å². The van der Waals surface area contributed by atoms with Crippen LogP contribution in [0.4, 0.5) is 0 Å². The fourth-order valence-corrected chi connectivity index (χ4v) is 4.69. The maximum atomic E-state index is 12.6. The average molecular weight is 433 g/mol. The molecule has 2 aromatic carbocycles. The van der Waals surface area contributed by atoms with Crippen molar-refractivity contribution in [3.63, 3.8) is 0 Å². The Bertz CT molecular complexity index is 965. The number of hydrogen-bond donors (Lipinski definition) is 1. The van der Waals surface area contributed by atoms with Gasteiger partial charge in [0, 0.05) is 25.4 Å². The van der Waals surface area contributed by atoms with Crippen molar-refractivity contribution in [1.82, 2.24) is 4.90 Å². The molecule has 32 heavy (non-hydrogen) atoms. The van der Waals surface area contributed by atoms with Gasteiger partial charge in [-0.3, -0.25) is 4.79 Å². The molecule has 2 aliphatic carbocycles. The number of aliphatic carboxylic acids is 1. The van der Waals surface area contributed by atoms with E-state index in [4.69, 9.17) is 9.73 Å². The summed E-state index contributed by atoms with van der Waals surface area (Å²) in [7, 11) is 3.60. The number of hydrogen-bond acceptors (Lipinski definition) is 3. The van der Waals surface area contributed by atoms with Crippen molar-refractivity contribution in [2.24, 2.45) is 28.7 Å². The van der Waals surface area contributed by atoms with Crippen LogP contribution in [0, 0.1) is 23.7 Å². The normalized spacial score (nSPS) is 17.5. The number of carbonyl (C=O) groups is 1. The number of benzene rings is 2. The fraction of sp³-hybridized carbons (Fsp3) is 0.407. The molecule has 2 aromatic rings. The van der Waals surface area contributed by atoms with Crippen LogP contribution in [0.1, 0.15) is 36.8 Å². The van der Waals surface area contributed by atoms with Gasteiger partial charge in [0.05, 0.1) is 7.11 Å². The van der Waals surface area contributed by atoms with Gasteiger partial charge < -0.3 is 14.7 Å². The summed E-state index contributed by atoms with van der Waals surface area (Å²) in [5, 5.41) is 10.3. The molecule has 168 valence electrons. The van der Waals surface area contributed by atoms with Crippen LogP contribution in [0.3, 0.4) is 0 Å². The molecule has 0 bridgehead atoms. The number of rotatable bonds is 10. The molecule has 5 nitrogen and oxygen atoms in total. The number of methoxy groups -OCH3 is 1. The van der Waals surface area contributed by atoms with E-state index in [2.05, 4.69) is 12.1 Å². The van der Waals surface area contributed by atoms with Gasteiger partial charge in [0.15, 0.2) is 0 Å². The van der Waals surface area contributed by atoms with Crippen LogP contribution in [0.2, 0.25) is 0 Å². The molecule has 0 saturated heterocycles. The Morgan fingerprint density at radius 3 is 2.31 bits per heavy atom. The quantitative estimate of drug-likeness (QED) is 0.407. The maximum Gasteiger partial charge on any atom is 0.314 e. The highest BCUT2D eigenvalue weighted by molar-refractivity contribution is 6.01. The van der Waals surface area contributed by atoms with E-state index in [-0.39, 0.29) is 5.92 Å². The zero-order chi connectivity index (χ0) is 22.5. The van der Waals surface area contributed by atoms with Gasteiger partial charge in [-0.25, -0.2) is 4.99 Å². The second kappa shape index (κ2) is 10.0. The molecule has 1 N–H and O–H groups in total. The Hall–Kier alpha value is -3.08. The number of aliphatic imine (C=N–C) groups is 1. The third-order valence-electron chi connectivity index (χ3n) is 6.52. The molecular weight excluding hydrogens is 400 g/mol. The topological polar surface area (TPSA) is 62.1 Å². The summed E-state index contributed by atoms with van der Waals surface area (Å²) in [4.78, 5) is 19.4. The molecule has 2 fully saturated rings. The number of amidine groups is 1. The van der Waals surface area contributed by atoms with E-state index in [1.165, 1.54) is 0 Å². The minimum atomic E-state index is -0.766. The predicted octanol–water partition coefficient (Wildman–Crippen LogP) is 5.33. The summed E-state index contributed by atoms with van der Waals surface area (Å²) in [6.07, 6.45) is 8.16. The number of carboxylic acid groups (broad SMARTS) is 1. The van der Waals surface area contributed by atoms with Crippen molar-refractivity contribution in [3.8, 4) is 5.75 Å². The lowest BCUT2D eigenvalue weighted by molar-refractivity contribution is -0.141. The molecule has 0 radical (unpaired) electrons. The third kappa shape index (κ3) is 5.39. The first-order valence-electron chi connectivity index (χ1n) is 11.4. The van der Waals surface area contributed by atoms with E-state index < -0.39 is 11.9 Å². The van der Waals surface area contributed by atoms with Crippen LogP contribution in [-0.4, -0.2) is 36.0 Å². The first kappa shape index (κ1) is 22.1. The molecule has 2 aliphatic rings. The van der Waals surface area contributed by atoms with Crippen molar-refractivity contribution in [2.45, 2.75) is 32.2 Å². The van der Waals surface area contributed by atoms with Crippen LogP contribution in [0.5, 0.6) is 5.75 Å². The number of ether oxygens (including phenoxy) is 1. The van der Waals surface area contributed by atoms with Crippen molar-refractivity contribution in [3.05, 3.63) is 71.9 Å². The maximum absolute atomic E-state index is 12.6. The second-order valence-corrected chi connectivity index (χ2v) is 8.95. The van der Waals surface area contributed by atoms with E-state index >= 15 is 0 Å². The number of nitrogens with zero attached hydrogens (tertiary/aromatic N) is 2. The Morgan fingerprint density at radius 1 is 1.09 bits per heavy atom. The third-order valence-corrected chi connectivity index (χ3v) is 6.52. The van der Waals surface area contributed by atoms with Crippen LogP contribution < -0.4 is 4.74 Å². The monoisotopic (exact) mass is 432 g/mol. The van der Waals surface area contributed by atoms with Gasteiger partial charge in [0.2, 0.25) is 0 Å². The van der Waals surface area contributed by atoms with Gasteiger partial charge in [-0.2, -0.15) is 0 Å². The highest BCUT2D eigenvalue weighted by Crippen LogP contribution is 2.53. The Kier molecular flexibility index (Phi) is 6.93. The smallest absolute Gasteiger partial charge is 0.314 e. The van der Waals surface area contributed by atoms with Crippen LogP contribution in [0.25, 0.3) is 6.08 Å². The van der Waals surface area contributed by atoms with Crippen molar-refractivity contribution >= 4 is 17.9 Å². The molecule has 0 aromatic heterocycles. The lowest BCUT2D eigenvalue weighted by Gasteiger charge is -2.31. The molecule has 0 amide bonds. The second-order valence-electron chi connectivity index (χ2n) is 8.95. The largest absolute Gasteiger partial charge is 0.496 e. The Balaban J connectivity index is 1.66. The van der Waals surface area contributed by atoms with Gasteiger partial charge >= 0.3 is 5.97 Å². The first-order valence-corrected chi connectivity index (χ1v) is 11.4. The summed E-state index contributed by atoms with van der Waals surface area (Å²) >= 11 is 0. The predicted molar refractivity (Wildman–Crippen MR) is 127 cm³/mol. The summed E-state index contributed by atoms with van der Waals surface area (Å²) < 4.78 is 5.43. The first-order chi connectivity index (χ1) is 15.6.